The van der Waals surface area contributed by atoms with E-state index < -0.39 is 7.82 Å². The van der Waals surface area contributed by atoms with Gasteiger partial charge in [0, 0.05) is 25.4 Å². The average Bonchev–Trinajstić information content (AvgIpc) is 3.40. The first-order chi connectivity index (χ1) is 15.8. The lowest BCUT2D eigenvalue weighted by molar-refractivity contribution is -0.109. The van der Waals surface area contributed by atoms with Gasteiger partial charge in [-0.3, -0.25) is 27.7 Å². The van der Waals surface area contributed by atoms with Crippen molar-refractivity contribution in [3.05, 3.63) is 12.7 Å². The number of nitrogens with two attached hydrogens (primary N) is 1. The number of fused-ring (bicyclic) bond motifs is 1. The van der Waals surface area contributed by atoms with Crippen molar-refractivity contribution >= 4 is 58.6 Å². The molecular weight excluding hydrogens is 493 g/mol. The monoisotopic (exact) mass is 519 g/mol. The molecule has 2 aromatic rings. The Hall–Kier alpha value is -1.54. The molecule has 3 rings (SSSR count). The van der Waals surface area contributed by atoms with Crippen molar-refractivity contribution in [3.63, 3.8) is 0 Å². The first-order valence-corrected chi connectivity index (χ1v) is 13.6. The molecule has 0 aromatic carbocycles. The van der Waals surface area contributed by atoms with E-state index in [4.69, 9.17) is 24.0 Å². The number of nitrogen functional groups attached to an aromatic ring is 1. The van der Waals surface area contributed by atoms with E-state index in [0.29, 0.717) is 35.5 Å². The molecule has 0 bridgehead atoms. The Bertz CT molecular complexity index is 997. The fraction of sp³-hybridized carbons (Fsp3) is 0.611. The molecule has 1 aliphatic rings. The number of hydrogen-bond acceptors (Lipinski definition) is 13. The molecule has 0 radical (unpaired) electrons. The normalized spacial score (nSPS) is 18.7. The van der Waals surface area contributed by atoms with Gasteiger partial charge in [-0.25, -0.2) is 19.5 Å². The number of rotatable bonds is 12. The van der Waals surface area contributed by atoms with E-state index >= 15 is 0 Å². The van der Waals surface area contributed by atoms with E-state index in [1.54, 1.807) is 10.9 Å². The lowest BCUT2D eigenvalue weighted by Gasteiger charge is -2.20. The maximum atomic E-state index is 13.0. The highest BCUT2D eigenvalue weighted by Crippen LogP contribution is 2.50. The summed E-state index contributed by atoms with van der Waals surface area (Å²) in [6, 6.07) is 0. The van der Waals surface area contributed by atoms with Crippen LogP contribution in [0.5, 0.6) is 0 Å². The van der Waals surface area contributed by atoms with Crippen LogP contribution in [0.4, 0.5) is 5.82 Å². The predicted octanol–water partition coefficient (Wildman–Crippen LogP) is 2.80. The van der Waals surface area contributed by atoms with E-state index in [1.807, 2.05) is 0 Å². The van der Waals surface area contributed by atoms with Crippen LogP contribution in [0.3, 0.4) is 0 Å². The molecule has 12 nitrogen and oxygen atoms in total. The SMILES string of the molecule is CC(=O)SCCOP(=O)(OCCSC(C)=O)OC[C@H]1CC[C@@H](n2cnc3c(N)ncnc32)O1. The molecule has 182 valence electrons. The lowest BCUT2D eigenvalue weighted by Crippen LogP contribution is -2.17. The van der Waals surface area contributed by atoms with Gasteiger partial charge < -0.3 is 10.5 Å². The average molecular weight is 520 g/mol. The minimum Gasteiger partial charge on any atom is -0.382 e. The molecule has 1 fully saturated rings. The van der Waals surface area contributed by atoms with Crippen molar-refractivity contribution in [1.29, 1.82) is 0 Å². The first-order valence-electron chi connectivity index (χ1n) is 10.2. The van der Waals surface area contributed by atoms with E-state index in [9.17, 15) is 14.2 Å². The molecule has 2 atom stereocenters. The van der Waals surface area contributed by atoms with Crippen molar-refractivity contribution < 1.29 is 32.5 Å². The Morgan fingerprint density at radius 2 is 1.79 bits per heavy atom. The van der Waals surface area contributed by atoms with Crippen LogP contribution in [0.15, 0.2) is 12.7 Å². The topological polar surface area (TPSA) is 158 Å². The van der Waals surface area contributed by atoms with Gasteiger partial charge in [-0.2, -0.15) is 0 Å². The van der Waals surface area contributed by atoms with Crippen LogP contribution in [0.1, 0.15) is 32.9 Å². The second-order valence-electron chi connectivity index (χ2n) is 6.96. The van der Waals surface area contributed by atoms with Gasteiger partial charge in [0.1, 0.15) is 18.1 Å². The third-order valence-corrected chi connectivity index (χ3v) is 7.49. The van der Waals surface area contributed by atoms with Gasteiger partial charge in [0.05, 0.1) is 32.3 Å². The zero-order valence-corrected chi connectivity index (χ0v) is 20.8. The molecule has 0 amide bonds. The molecule has 1 saturated heterocycles. The molecule has 0 unspecified atom stereocenters. The van der Waals surface area contributed by atoms with Crippen LogP contribution in [0.2, 0.25) is 0 Å². The number of phosphoric ester groups is 1. The van der Waals surface area contributed by atoms with Crippen LogP contribution in [-0.4, -0.2) is 67.2 Å². The zero-order valence-electron chi connectivity index (χ0n) is 18.2. The summed E-state index contributed by atoms with van der Waals surface area (Å²) < 4.78 is 37.1. The number of thioether (sulfide) groups is 2. The van der Waals surface area contributed by atoms with Gasteiger partial charge in [0.25, 0.3) is 0 Å². The number of carbonyl (C=O) groups is 2. The molecule has 33 heavy (non-hydrogen) atoms. The van der Waals surface area contributed by atoms with Gasteiger partial charge in [-0.1, -0.05) is 23.5 Å². The highest BCUT2D eigenvalue weighted by atomic mass is 32.2. The van der Waals surface area contributed by atoms with Gasteiger partial charge >= 0.3 is 7.82 Å². The number of nitrogens with zero attached hydrogens (tertiary/aromatic N) is 4. The number of imidazole rings is 1. The first kappa shape index (κ1) is 26.1. The third kappa shape index (κ3) is 7.74. The second-order valence-corrected chi connectivity index (χ2v) is 11.2. The van der Waals surface area contributed by atoms with Crippen molar-refractivity contribution in [2.75, 3.05) is 37.1 Å². The van der Waals surface area contributed by atoms with Crippen LogP contribution < -0.4 is 5.73 Å². The number of anilines is 1. The van der Waals surface area contributed by atoms with Crippen LogP contribution in [0.25, 0.3) is 11.2 Å². The fourth-order valence-corrected chi connectivity index (χ4v) is 5.41. The van der Waals surface area contributed by atoms with Crippen molar-refractivity contribution in [1.82, 2.24) is 19.5 Å². The fourth-order valence-electron chi connectivity index (χ4n) is 3.05. The molecule has 15 heteroatoms. The summed E-state index contributed by atoms with van der Waals surface area (Å²) >= 11 is 2.10. The molecule has 0 spiro atoms. The summed E-state index contributed by atoms with van der Waals surface area (Å²) in [5, 5.41) is -0.143. The lowest BCUT2D eigenvalue weighted by atomic mass is 10.2. The van der Waals surface area contributed by atoms with E-state index in [2.05, 4.69) is 15.0 Å². The number of phosphoric acid groups is 1. The summed E-state index contributed by atoms with van der Waals surface area (Å²) in [6.07, 6.45) is 3.58. The van der Waals surface area contributed by atoms with Crippen molar-refractivity contribution in [2.24, 2.45) is 0 Å². The Morgan fingerprint density at radius 3 is 2.42 bits per heavy atom. The molecule has 1 aliphatic heterocycles. The van der Waals surface area contributed by atoms with Gasteiger partial charge in [-0.05, 0) is 12.8 Å². The minimum absolute atomic E-state index is 0.0116. The summed E-state index contributed by atoms with van der Waals surface area (Å²) in [6.45, 7) is 2.88. The number of aromatic nitrogens is 4. The Balaban J connectivity index is 1.55. The van der Waals surface area contributed by atoms with E-state index in [0.717, 1.165) is 23.5 Å². The highest BCUT2D eigenvalue weighted by Gasteiger charge is 2.33. The highest BCUT2D eigenvalue weighted by molar-refractivity contribution is 8.13. The maximum absolute atomic E-state index is 13.0. The molecule has 0 aliphatic carbocycles. The summed E-state index contributed by atoms with van der Waals surface area (Å²) in [5.74, 6) is 0.918. The minimum atomic E-state index is -3.90. The second kappa shape index (κ2) is 12.2. The van der Waals surface area contributed by atoms with Crippen molar-refractivity contribution in [3.8, 4) is 0 Å². The van der Waals surface area contributed by atoms with Gasteiger partial charge in [-0.15, -0.1) is 0 Å². The molecule has 3 heterocycles. The van der Waals surface area contributed by atoms with Crippen molar-refractivity contribution in [2.45, 2.75) is 39.0 Å². The quantitative estimate of drug-likeness (QED) is 0.323. The molecular formula is C18H26N5O7PS2. The van der Waals surface area contributed by atoms with Crippen LogP contribution >= 0.6 is 31.3 Å². The number of carbonyl (C=O) groups excluding carboxylic acids is 2. The summed E-state index contributed by atoms with van der Waals surface area (Å²) in [7, 11) is -3.90. The molecule has 2 aromatic heterocycles. The molecule has 0 saturated carbocycles. The smallest absolute Gasteiger partial charge is 0.382 e. The summed E-state index contributed by atoms with van der Waals surface area (Å²) in [4.78, 5) is 34.6. The van der Waals surface area contributed by atoms with Crippen LogP contribution in [-0.2, 0) is 32.5 Å². The van der Waals surface area contributed by atoms with Crippen LogP contribution in [0, 0.1) is 0 Å². The Labute approximate surface area is 199 Å². The largest absolute Gasteiger partial charge is 0.474 e. The van der Waals surface area contributed by atoms with Gasteiger partial charge in [0.15, 0.2) is 21.7 Å². The number of hydrogen-bond donors (Lipinski definition) is 1. The Morgan fingerprint density at radius 1 is 1.12 bits per heavy atom. The standard InChI is InChI=1S/C18H26N5O7PS2/c1-12(24)32-7-5-27-31(26,28-6-8-33-13(2)25)29-9-14-3-4-15(30-14)23-11-22-16-17(19)20-10-21-18(16)23/h10-11,14-15H,3-9H2,1-2H3,(H2,19,20,21)/t14-,15+/m1/s1. The van der Waals surface area contributed by atoms with Gasteiger partial charge in [0.2, 0.25) is 0 Å². The molecule has 2 N–H and O–H groups in total. The third-order valence-electron chi connectivity index (χ3n) is 4.48. The maximum Gasteiger partial charge on any atom is 0.474 e. The van der Waals surface area contributed by atoms with E-state index in [1.165, 1.54) is 20.2 Å². The predicted molar refractivity (Wildman–Crippen MR) is 125 cm³/mol. The van der Waals surface area contributed by atoms with E-state index in [-0.39, 0.29) is 48.2 Å². The zero-order chi connectivity index (χ0) is 23.8. The summed E-state index contributed by atoms with van der Waals surface area (Å²) in [5.41, 5.74) is 6.90. The Kier molecular flexibility index (Phi) is 9.68. The number of ether oxygens (including phenoxy) is 1.